The van der Waals surface area contributed by atoms with Crippen LogP contribution in [0.1, 0.15) is 12.0 Å². The maximum atomic E-state index is 12.6. The Balaban J connectivity index is 1.62. The highest BCUT2D eigenvalue weighted by atomic mass is 16.5. The van der Waals surface area contributed by atoms with E-state index in [9.17, 15) is 14.4 Å². The van der Waals surface area contributed by atoms with E-state index in [0.717, 1.165) is 5.56 Å². The number of para-hydroxylation sites is 2. The summed E-state index contributed by atoms with van der Waals surface area (Å²) in [5.74, 6) is -0.244. The predicted octanol–water partition coefficient (Wildman–Crippen LogP) is 2.21. The molecule has 1 N–H and O–H groups in total. The molecule has 146 valence electrons. The minimum Gasteiger partial charge on any atom is -0.491 e. The van der Waals surface area contributed by atoms with Gasteiger partial charge in [0.15, 0.2) is 0 Å². The molecule has 0 bridgehead atoms. The molecule has 2 aromatic carbocycles. The number of hydrogen-bond acceptors (Lipinski definition) is 4. The van der Waals surface area contributed by atoms with E-state index >= 15 is 0 Å². The maximum absolute atomic E-state index is 12.6. The Morgan fingerprint density at radius 2 is 1.86 bits per heavy atom. The van der Waals surface area contributed by atoms with E-state index in [1.807, 2.05) is 37.3 Å². The molecular weight excluding hydrogens is 358 g/mol. The molecule has 1 aliphatic rings. The van der Waals surface area contributed by atoms with Gasteiger partial charge in [-0.3, -0.25) is 19.3 Å². The smallest absolute Gasteiger partial charge is 0.243 e. The third-order valence-electron chi connectivity index (χ3n) is 4.47. The van der Waals surface area contributed by atoms with Crippen LogP contribution in [0.5, 0.6) is 5.75 Å². The zero-order valence-corrected chi connectivity index (χ0v) is 16.0. The Morgan fingerprint density at radius 1 is 1.14 bits per heavy atom. The molecule has 1 heterocycles. The van der Waals surface area contributed by atoms with Crippen LogP contribution in [0.4, 0.5) is 11.4 Å². The number of ether oxygens (including phenoxy) is 1. The highest BCUT2D eigenvalue weighted by Gasteiger charge is 2.26. The third-order valence-corrected chi connectivity index (χ3v) is 4.47. The minimum absolute atomic E-state index is 0.104. The van der Waals surface area contributed by atoms with Crippen molar-refractivity contribution >= 4 is 29.1 Å². The first-order chi connectivity index (χ1) is 13.4. The van der Waals surface area contributed by atoms with Crippen molar-refractivity contribution in [3.8, 4) is 5.75 Å². The van der Waals surface area contributed by atoms with Gasteiger partial charge in [-0.25, -0.2) is 0 Å². The Hall–Kier alpha value is -3.35. The first-order valence-corrected chi connectivity index (χ1v) is 9.07. The van der Waals surface area contributed by atoms with Gasteiger partial charge in [0.05, 0.1) is 25.3 Å². The molecule has 0 saturated heterocycles. The summed E-state index contributed by atoms with van der Waals surface area (Å²) < 4.78 is 5.58. The molecule has 28 heavy (non-hydrogen) atoms. The van der Waals surface area contributed by atoms with Crippen molar-refractivity contribution < 1.29 is 19.1 Å². The van der Waals surface area contributed by atoms with Crippen LogP contribution in [0.3, 0.4) is 0 Å². The van der Waals surface area contributed by atoms with Crippen LogP contribution in [-0.2, 0) is 14.4 Å². The summed E-state index contributed by atoms with van der Waals surface area (Å²) in [6, 6.07) is 14.5. The summed E-state index contributed by atoms with van der Waals surface area (Å²) in [5.41, 5.74) is 2.33. The van der Waals surface area contributed by atoms with Crippen LogP contribution in [0.15, 0.2) is 48.5 Å². The van der Waals surface area contributed by atoms with Gasteiger partial charge in [0.1, 0.15) is 12.3 Å². The fourth-order valence-corrected chi connectivity index (χ4v) is 2.89. The van der Waals surface area contributed by atoms with E-state index in [4.69, 9.17) is 4.74 Å². The molecule has 2 aromatic rings. The number of rotatable bonds is 5. The first kappa shape index (κ1) is 19.4. The van der Waals surface area contributed by atoms with Crippen molar-refractivity contribution in [2.75, 3.05) is 37.0 Å². The maximum Gasteiger partial charge on any atom is 0.243 e. The van der Waals surface area contributed by atoms with Gasteiger partial charge in [-0.1, -0.05) is 29.8 Å². The standard InChI is InChI=1S/C21H23N3O4/c1-15-7-9-16(10-8-15)22-19(25)13-23(2)21(27)14-24-17-5-3-4-6-18(17)28-12-11-20(24)26/h3-10H,11-14H2,1-2H3,(H,22,25). The molecule has 0 aliphatic carbocycles. The zero-order valence-electron chi connectivity index (χ0n) is 16.0. The number of likely N-dealkylation sites (N-methyl/N-ethyl adjacent to an activating group) is 1. The molecule has 0 radical (unpaired) electrons. The molecular formula is C21H23N3O4. The second-order valence-electron chi connectivity index (χ2n) is 6.71. The number of nitrogens with one attached hydrogen (secondary N) is 1. The predicted molar refractivity (Wildman–Crippen MR) is 106 cm³/mol. The molecule has 3 amide bonds. The monoisotopic (exact) mass is 381 g/mol. The molecule has 7 heteroatoms. The fraction of sp³-hybridized carbons (Fsp3) is 0.286. The zero-order chi connectivity index (χ0) is 20.1. The van der Waals surface area contributed by atoms with Gasteiger partial charge in [-0.15, -0.1) is 0 Å². The first-order valence-electron chi connectivity index (χ1n) is 9.07. The topological polar surface area (TPSA) is 79.0 Å². The number of nitrogens with zero attached hydrogens (tertiary/aromatic N) is 2. The van der Waals surface area contributed by atoms with Gasteiger partial charge in [0.25, 0.3) is 0 Å². The molecule has 0 aromatic heterocycles. The van der Waals surface area contributed by atoms with Gasteiger partial charge in [0, 0.05) is 12.7 Å². The molecule has 1 aliphatic heterocycles. The Morgan fingerprint density at radius 3 is 2.61 bits per heavy atom. The summed E-state index contributed by atoms with van der Waals surface area (Å²) in [5, 5.41) is 2.76. The van der Waals surface area contributed by atoms with Crippen LogP contribution in [-0.4, -0.2) is 49.4 Å². The van der Waals surface area contributed by atoms with Crippen LogP contribution >= 0.6 is 0 Å². The number of anilines is 2. The van der Waals surface area contributed by atoms with Gasteiger partial charge in [-0.05, 0) is 31.2 Å². The Labute approximate surface area is 163 Å². The lowest BCUT2D eigenvalue weighted by atomic mass is 10.2. The molecule has 0 fully saturated rings. The Bertz CT molecular complexity index is 879. The van der Waals surface area contributed by atoms with Crippen LogP contribution in [0.2, 0.25) is 0 Å². The molecule has 3 rings (SSSR count). The van der Waals surface area contributed by atoms with E-state index < -0.39 is 0 Å². The highest BCUT2D eigenvalue weighted by Crippen LogP contribution is 2.30. The highest BCUT2D eigenvalue weighted by molar-refractivity contribution is 6.01. The van der Waals surface area contributed by atoms with E-state index in [2.05, 4.69) is 5.32 Å². The van der Waals surface area contributed by atoms with Gasteiger partial charge >= 0.3 is 0 Å². The van der Waals surface area contributed by atoms with Crippen molar-refractivity contribution in [2.24, 2.45) is 0 Å². The number of fused-ring (bicyclic) bond motifs is 1. The van der Waals surface area contributed by atoms with Crippen molar-refractivity contribution in [3.63, 3.8) is 0 Å². The lowest BCUT2D eigenvalue weighted by Gasteiger charge is -2.24. The van der Waals surface area contributed by atoms with Crippen LogP contribution < -0.4 is 15.0 Å². The molecule has 0 atom stereocenters. The van der Waals surface area contributed by atoms with E-state index in [-0.39, 0.29) is 43.8 Å². The van der Waals surface area contributed by atoms with Crippen LogP contribution in [0.25, 0.3) is 0 Å². The number of amides is 3. The number of benzene rings is 2. The average Bonchev–Trinajstić information content (AvgIpc) is 2.82. The number of carbonyl (C=O) groups excluding carboxylic acids is 3. The van der Waals surface area contributed by atoms with Crippen molar-refractivity contribution in [2.45, 2.75) is 13.3 Å². The third kappa shape index (κ3) is 4.68. The van der Waals surface area contributed by atoms with Gasteiger partial charge in [0.2, 0.25) is 17.7 Å². The number of aryl methyl sites for hydroxylation is 1. The van der Waals surface area contributed by atoms with E-state index in [0.29, 0.717) is 17.1 Å². The number of carbonyl (C=O) groups is 3. The van der Waals surface area contributed by atoms with Gasteiger partial charge in [-0.2, -0.15) is 0 Å². The molecule has 0 saturated carbocycles. The average molecular weight is 381 g/mol. The van der Waals surface area contributed by atoms with Crippen molar-refractivity contribution in [1.29, 1.82) is 0 Å². The molecule has 0 unspecified atom stereocenters. The largest absolute Gasteiger partial charge is 0.491 e. The summed E-state index contributed by atoms with van der Waals surface area (Å²) in [6.07, 6.45) is 0.194. The van der Waals surface area contributed by atoms with Crippen LogP contribution in [0, 0.1) is 6.92 Å². The summed E-state index contributed by atoms with van der Waals surface area (Å²) >= 11 is 0. The second-order valence-corrected chi connectivity index (χ2v) is 6.71. The summed E-state index contributed by atoms with van der Waals surface area (Å²) in [4.78, 5) is 40.0. The lowest BCUT2D eigenvalue weighted by Crippen LogP contribution is -2.43. The van der Waals surface area contributed by atoms with Crippen molar-refractivity contribution in [1.82, 2.24) is 4.90 Å². The normalized spacial score (nSPS) is 13.2. The molecule has 7 nitrogen and oxygen atoms in total. The second kappa shape index (κ2) is 8.56. The Kier molecular flexibility index (Phi) is 5.93. The van der Waals surface area contributed by atoms with Gasteiger partial charge < -0.3 is 15.0 Å². The fourth-order valence-electron chi connectivity index (χ4n) is 2.89. The molecule has 0 spiro atoms. The SMILES string of the molecule is Cc1ccc(NC(=O)CN(C)C(=O)CN2C(=O)CCOc3ccccc32)cc1. The van der Waals surface area contributed by atoms with E-state index in [1.165, 1.54) is 9.80 Å². The summed E-state index contributed by atoms with van der Waals surface area (Å²) in [7, 11) is 1.54. The number of hydrogen-bond donors (Lipinski definition) is 1. The summed E-state index contributed by atoms with van der Waals surface area (Å²) in [6.45, 7) is 1.99. The lowest BCUT2D eigenvalue weighted by molar-refractivity contribution is -0.133. The van der Waals surface area contributed by atoms with E-state index in [1.54, 1.807) is 25.2 Å². The quantitative estimate of drug-likeness (QED) is 0.861. The van der Waals surface area contributed by atoms with Crippen molar-refractivity contribution in [3.05, 3.63) is 54.1 Å². The minimum atomic E-state index is -0.330.